The Kier molecular flexibility index (Phi) is 3.50. The molecule has 2 heteroatoms. The van der Waals surface area contributed by atoms with Gasteiger partial charge in [0.1, 0.15) is 0 Å². The van der Waals surface area contributed by atoms with Crippen LogP contribution in [-0.2, 0) is 0 Å². The second kappa shape index (κ2) is 3.37. The molecule has 0 atom stereocenters. The molecule has 0 saturated heterocycles. The van der Waals surface area contributed by atoms with Gasteiger partial charge in [0.25, 0.3) is 0 Å². The van der Waals surface area contributed by atoms with Crippen LogP contribution in [0.1, 0.15) is 20.8 Å². The molecule has 0 aromatic heterocycles. The standard InChI is InChI=1S/C6H10Cl2/c1-4(2)6(8)5(3)7/h4H,1-3H3/b6-5+. The Bertz CT molecular complexity index is 99.1. The van der Waals surface area contributed by atoms with Crippen molar-refractivity contribution < 1.29 is 0 Å². The van der Waals surface area contributed by atoms with E-state index in [0.717, 1.165) is 5.03 Å². The van der Waals surface area contributed by atoms with Crippen LogP contribution >= 0.6 is 23.2 Å². The fourth-order valence-corrected chi connectivity index (χ4v) is 0.616. The zero-order chi connectivity index (χ0) is 6.73. The molecule has 0 unspecified atom stereocenters. The van der Waals surface area contributed by atoms with E-state index in [1.807, 2.05) is 13.8 Å². The average Bonchev–Trinajstić information content (AvgIpc) is 1.64. The number of rotatable bonds is 1. The second-order valence-electron chi connectivity index (χ2n) is 2.04. The van der Waals surface area contributed by atoms with Crippen LogP contribution < -0.4 is 0 Å². The van der Waals surface area contributed by atoms with E-state index in [0.29, 0.717) is 11.0 Å². The first-order valence-corrected chi connectivity index (χ1v) is 3.33. The highest BCUT2D eigenvalue weighted by Crippen LogP contribution is 2.20. The van der Waals surface area contributed by atoms with Crippen LogP contribution in [0.3, 0.4) is 0 Å². The van der Waals surface area contributed by atoms with Crippen molar-refractivity contribution in [2.45, 2.75) is 20.8 Å². The predicted molar refractivity (Wildman–Crippen MR) is 39.2 cm³/mol. The molecule has 0 heterocycles. The summed E-state index contributed by atoms with van der Waals surface area (Å²) in [4.78, 5) is 0. The van der Waals surface area contributed by atoms with Crippen LogP contribution in [0.4, 0.5) is 0 Å². The maximum absolute atomic E-state index is 5.70. The molecular formula is C6H10Cl2. The van der Waals surface area contributed by atoms with Crippen molar-refractivity contribution in [3.8, 4) is 0 Å². The highest BCUT2D eigenvalue weighted by molar-refractivity contribution is 6.39. The van der Waals surface area contributed by atoms with Crippen LogP contribution in [-0.4, -0.2) is 0 Å². The van der Waals surface area contributed by atoms with Crippen LogP contribution in [0.2, 0.25) is 0 Å². The van der Waals surface area contributed by atoms with Gasteiger partial charge in [0.05, 0.1) is 0 Å². The molecule has 8 heavy (non-hydrogen) atoms. The molecule has 0 fully saturated rings. The van der Waals surface area contributed by atoms with Gasteiger partial charge in [0, 0.05) is 10.1 Å². The smallest absolute Gasteiger partial charge is 0.0348 e. The van der Waals surface area contributed by atoms with E-state index in [1.165, 1.54) is 0 Å². The molecule has 0 aliphatic heterocycles. The van der Waals surface area contributed by atoms with Gasteiger partial charge in [-0.05, 0) is 12.8 Å². The van der Waals surface area contributed by atoms with Crippen molar-refractivity contribution >= 4 is 23.2 Å². The number of hydrogen-bond donors (Lipinski definition) is 0. The summed E-state index contributed by atoms with van der Waals surface area (Å²) in [5, 5.41) is 1.45. The van der Waals surface area contributed by atoms with Gasteiger partial charge in [0.15, 0.2) is 0 Å². The maximum atomic E-state index is 5.70. The van der Waals surface area contributed by atoms with Gasteiger partial charge in [-0.15, -0.1) is 0 Å². The topological polar surface area (TPSA) is 0 Å². The quantitative estimate of drug-likeness (QED) is 0.541. The summed E-state index contributed by atoms with van der Waals surface area (Å²) in [5.41, 5.74) is 0. The molecular weight excluding hydrogens is 143 g/mol. The third kappa shape index (κ3) is 2.58. The third-order valence-electron chi connectivity index (χ3n) is 0.836. The fraction of sp³-hybridized carbons (Fsp3) is 0.667. The molecule has 48 valence electrons. The van der Waals surface area contributed by atoms with E-state index >= 15 is 0 Å². The van der Waals surface area contributed by atoms with Crippen LogP contribution in [0.5, 0.6) is 0 Å². The van der Waals surface area contributed by atoms with Crippen molar-refractivity contribution in [1.82, 2.24) is 0 Å². The SMILES string of the molecule is C/C(Cl)=C(\Cl)C(C)C. The molecule has 0 aromatic carbocycles. The number of halogens is 2. The molecule has 0 radical (unpaired) electrons. The number of allylic oxidation sites excluding steroid dienone is 2. The Morgan fingerprint density at radius 1 is 1.25 bits per heavy atom. The first-order chi connectivity index (χ1) is 3.55. The van der Waals surface area contributed by atoms with E-state index in [9.17, 15) is 0 Å². The first-order valence-electron chi connectivity index (χ1n) is 2.57. The van der Waals surface area contributed by atoms with Crippen molar-refractivity contribution in [1.29, 1.82) is 0 Å². The minimum atomic E-state index is 0.356. The fourth-order valence-electron chi connectivity index (χ4n) is 0.398. The molecule has 0 N–H and O–H groups in total. The molecule has 0 spiro atoms. The zero-order valence-electron chi connectivity index (χ0n) is 5.33. The average molecular weight is 153 g/mol. The second-order valence-corrected chi connectivity index (χ2v) is 3.01. The van der Waals surface area contributed by atoms with Crippen LogP contribution in [0.25, 0.3) is 0 Å². The number of hydrogen-bond acceptors (Lipinski definition) is 0. The summed E-state index contributed by atoms with van der Waals surface area (Å²) in [7, 11) is 0. The van der Waals surface area contributed by atoms with Gasteiger partial charge in [0.2, 0.25) is 0 Å². The maximum Gasteiger partial charge on any atom is 0.0348 e. The molecule has 0 bridgehead atoms. The van der Waals surface area contributed by atoms with Crippen molar-refractivity contribution in [2.75, 3.05) is 0 Å². The molecule has 0 amide bonds. The van der Waals surface area contributed by atoms with Gasteiger partial charge < -0.3 is 0 Å². The van der Waals surface area contributed by atoms with E-state index in [-0.39, 0.29) is 0 Å². The monoisotopic (exact) mass is 152 g/mol. The summed E-state index contributed by atoms with van der Waals surface area (Å²) in [5.74, 6) is 0.356. The molecule has 0 aliphatic carbocycles. The Labute approximate surface area is 60.5 Å². The third-order valence-corrected chi connectivity index (χ3v) is 1.86. The summed E-state index contributed by atoms with van der Waals surface area (Å²) in [6.45, 7) is 5.81. The van der Waals surface area contributed by atoms with E-state index in [2.05, 4.69) is 0 Å². The normalized spacial score (nSPS) is 14.2. The van der Waals surface area contributed by atoms with E-state index < -0.39 is 0 Å². The van der Waals surface area contributed by atoms with Crippen molar-refractivity contribution in [2.24, 2.45) is 5.92 Å². The largest absolute Gasteiger partial charge is 0.0882 e. The Hall–Kier alpha value is 0.320. The van der Waals surface area contributed by atoms with Crippen molar-refractivity contribution in [3.63, 3.8) is 0 Å². The molecule has 0 aromatic rings. The zero-order valence-corrected chi connectivity index (χ0v) is 6.85. The van der Waals surface area contributed by atoms with E-state index in [1.54, 1.807) is 6.92 Å². The molecule has 0 saturated carbocycles. The highest BCUT2D eigenvalue weighted by atomic mass is 35.5. The Morgan fingerprint density at radius 2 is 1.62 bits per heavy atom. The van der Waals surface area contributed by atoms with Crippen LogP contribution in [0, 0.1) is 5.92 Å². The van der Waals surface area contributed by atoms with Crippen molar-refractivity contribution in [3.05, 3.63) is 10.1 Å². The summed E-state index contributed by atoms with van der Waals surface area (Å²) >= 11 is 11.3. The lowest BCUT2D eigenvalue weighted by Gasteiger charge is -2.01. The molecule has 0 nitrogen and oxygen atoms in total. The summed E-state index contributed by atoms with van der Waals surface area (Å²) in [6.07, 6.45) is 0. The predicted octanol–water partition coefficient (Wildman–Crippen LogP) is 3.35. The summed E-state index contributed by atoms with van der Waals surface area (Å²) in [6, 6.07) is 0. The van der Waals surface area contributed by atoms with E-state index in [4.69, 9.17) is 23.2 Å². The minimum absolute atomic E-state index is 0.356. The molecule has 0 aliphatic rings. The van der Waals surface area contributed by atoms with Gasteiger partial charge >= 0.3 is 0 Å². The minimum Gasteiger partial charge on any atom is -0.0882 e. The lowest BCUT2D eigenvalue weighted by molar-refractivity contribution is 0.809. The Morgan fingerprint density at radius 3 is 1.62 bits per heavy atom. The van der Waals surface area contributed by atoms with Gasteiger partial charge in [-0.25, -0.2) is 0 Å². The lowest BCUT2D eigenvalue weighted by Crippen LogP contribution is -1.85. The van der Waals surface area contributed by atoms with Gasteiger partial charge in [-0.2, -0.15) is 0 Å². The first kappa shape index (κ1) is 8.32. The molecule has 0 rings (SSSR count). The van der Waals surface area contributed by atoms with Crippen LogP contribution in [0.15, 0.2) is 10.1 Å². The lowest BCUT2D eigenvalue weighted by atomic mass is 10.2. The Balaban J connectivity index is 4.00. The van der Waals surface area contributed by atoms with Gasteiger partial charge in [-0.1, -0.05) is 37.0 Å². The van der Waals surface area contributed by atoms with Gasteiger partial charge in [-0.3, -0.25) is 0 Å². The highest BCUT2D eigenvalue weighted by Gasteiger charge is 2.00. The summed E-state index contributed by atoms with van der Waals surface area (Å²) < 4.78 is 0.